The summed E-state index contributed by atoms with van der Waals surface area (Å²) in [6, 6.07) is 9.42. The molecule has 0 aromatic heterocycles. The summed E-state index contributed by atoms with van der Waals surface area (Å²) in [5, 5.41) is 3.66. The van der Waals surface area contributed by atoms with Gasteiger partial charge in [0.25, 0.3) is 0 Å². The summed E-state index contributed by atoms with van der Waals surface area (Å²) in [5.41, 5.74) is 1.41. The SMILES string of the molecule is Brc1cccc(CN2C[C@@H]3CCCN[C@@H]3C2)c1. The average Bonchev–Trinajstić information content (AvgIpc) is 2.71. The van der Waals surface area contributed by atoms with Gasteiger partial charge in [0.05, 0.1) is 0 Å². The van der Waals surface area contributed by atoms with Gasteiger partial charge in [-0.25, -0.2) is 0 Å². The summed E-state index contributed by atoms with van der Waals surface area (Å²) >= 11 is 3.54. The Hall–Kier alpha value is -0.380. The summed E-state index contributed by atoms with van der Waals surface area (Å²) in [6.45, 7) is 4.79. The summed E-state index contributed by atoms with van der Waals surface area (Å²) in [5.74, 6) is 0.885. The van der Waals surface area contributed by atoms with Crippen molar-refractivity contribution >= 4 is 15.9 Å². The van der Waals surface area contributed by atoms with Crippen LogP contribution in [0.4, 0.5) is 0 Å². The highest BCUT2D eigenvalue weighted by Crippen LogP contribution is 2.26. The first-order chi connectivity index (χ1) is 8.31. The molecule has 0 spiro atoms. The molecule has 2 saturated heterocycles. The van der Waals surface area contributed by atoms with E-state index >= 15 is 0 Å². The number of halogens is 1. The molecule has 0 radical (unpaired) electrons. The maximum Gasteiger partial charge on any atom is 0.0235 e. The largest absolute Gasteiger partial charge is 0.312 e. The predicted octanol–water partition coefficient (Wildman–Crippen LogP) is 2.63. The Bertz CT molecular complexity index is 380. The van der Waals surface area contributed by atoms with Gasteiger partial charge in [0.1, 0.15) is 0 Å². The van der Waals surface area contributed by atoms with Crippen LogP contribution in [0.3, 0.4) is 0 Å². The Kier molecular flexibility index (Phi) is 3.50. The molecule has 2 atom stereocenters. The summed E-state index contributed by atoms with van der Waals surface area (Å²) in [6.07, 6.45) is 2.76. The van der Waals surface area contributed by atoms with Crippen molar-refractivity contribution in [2.75, 3.05) is 19.6 Å². The van der Waals surface area contributed by atoms with E-state index in [0.29, 0.717) is 0 Å². The molecule has 2 nitrogen and oxygen atoms in total. The molecule has 17 heavy (non-hydrogen) atoms. The fourth-order valence-electron chi connectivity index (χ4n) is 3.16. The molecule has 0 unspecified atom stereocenters. The van der Waals surface area contributed by atoms with Gasteiger partial charge in [-0.05, 0) is 43.0 Å². The van der Waals surface area contributed by atoms with Crippen molar-refractivity contribution in [2.45, 2.75) is 25.4 Å². The standard InChI is InChI=1S/C14H19BrN2/c15-13-5-1-3-11(7-13)8-17-9-12-4-2-6-16-14(12)10-17/h1,3,5,7,12,14,16H,2,4,6,8-10H2/t12-,14+/m0/s1. The average molecular weight is 295 g/mol. The molecule has 0 aliphatic carbocycles. The Balaban J connectivity index is 1.63. The lowest BCUT2D eigenvalue weighted by atomic mass is 9.94. The number of nitrogens with zero attached hydrogens (tertiary/aromatic N) is 1. The molecule has 2 heterocycles. The minimum Gasteiger partial charge on any atom is -0.312 e. The number of fused-ring (bicyclic) bond motifs is 1. The van der Waals surface area contributed by atoms with E-state index in [1.807, 2.05) is 0 Å². The van der Waals surface area contributed by atoms with Crippen LogP contribution in [0.25, 0.3) is 0 Å². The quantitative estimate of drug-likeness (QED) is 0.902. The summed E-state index contributed by atoms with van der Waals surface area (Å²) < 4.78 is 1.18. The minimum atomic E-state index is 0.746. The third kappa shape index (κ3) is 2.72. The molecule has 0 amide bonds. The number of hydrogen-bond donors (Lipinski definition) is 1. The van der Waals surface area contributed by atoms with Gasteiger partial charge in [-0.3, -0.25) is 4.90 Å². The Labute approximate surface area is 112 Å². The maximum atomic E-state index is 3.66. The molecule has 0 saturated carbocycles. The number of benzene rings is 1. The van der Waals surface area contributed by atoms with E-state index in [4.69, 9.17) is 0 Å². The van der Waals surface area contributed by atoms with Gasteiger partial charge >= 0.3 is 0 Å². The van der Waals surface area contributed by atoms with Gasteiger partial charge in [-0.2, -0.15) is 0 Å². The molecular formula is C14H19BrN2. The van der Waals surface area contributed by atoms with Crippen molar-refractivity contribution in [3.63, 3.8) is 0 Å². The van der Waals surface area contributed by atoms with E-state index in [1.165, 1.54) is 42.5 Å². The van der Waals surface area contributed by atoms with Crippen LogP contribution >= 0.6 is 15.9 Å². The molecule has 2 aliphatic rings. The van der Waals surface area contributed by atoms with E-state index in [1.54, 1.807) is 0 Å². The van der Waals surface area contributed by atoms with Crippen LogP contribution < -0.4 is 5.32 Å². The zero-order valence-electron chi connectivity index (χ0n) is 10.0. The van der Waals surface area contributed by atoms with Crippen LogP contribution in [-0.4, -0.2) is 30.6 Å². The molecule has 2 aliphatic heterocycles. The van der Waals surface area contributed by atoms with Crippen LogP contribution in [-0.2, 0) is 6.54 Å². The first kappa shape index (κ1) is 11.7. The van der Waals surface area contributed by atoms with Gasteiger partial charge < -0.3 is 5.32 Å². The normalized spacial score (nSPS) is 29.2. The Morgan fingerprint density at radius 1 is 1.35 bits per heavy atom. The lowest BCUT2D eigenvalue weighted by Crippen LogP contribution is -2.40. The van der Waals surface area contributed by atoms with E-state index < -0.39 is 0 Å². The highest BCUT2D eigenvalue weighted by molar-refractivity contribution is 9.10. The van der Waals surface area contributed by atoms with Crippen LogP contribution in [0.1, 0.15) is 18.4 Å². The molecule has 92 valence electrons. The van der Waals surface area contributed by atoms with Crippen LogP contribution in [0.15, 0.2) is 28.7 Å². The topological polar surface area (TPSA) is 15.3 Å². The van der Waals surface area contributed by atoms with Crippen LogP contribution in [0.5, 0.6) is 0 Å². The number of nitrogens with one attached hydrogen (secondary N) is 1. The van der Waals surface area contributed by atoms with Gasteiger partial charge in [0.2, 0.25) is 0 Å². The second-order valence-corrected chi connectivity index (χ2v) is 6.20. The lowest BCUT2D eigenvalue weighted by molar-refractivity contribution is 0.312. The van der Waals surface area contributed by atoms with Gasteiger partial charge in [0, 0.05) is 30.1 Å². The molecule has 3 rings (SSSR count). The zero-order valence-corrected chi connectivity index (χ0v) is 11.6. The minimum absolute atomic E-state index is 0.746. The first-order valence-corrected chi connectivity index (χ1v) is 7.31. The highest BCUT2D eigenvalue weighted by Gasteiger charge is 2.33. The molecule has 3 heteroatoms. The smallest absolute Gasteiger partial charge is 0.0235 e. The number of hydrogen-bond acceptors (Lipinski definition) is 2. The van der Waals surface area contributed by atoms with Crippen molar-refractivity contribution in [3.05, 3.63) is 34.3 Å². The molecule has 1 N–H and O–H groups in total. The molecule has 1 aromatic carbocycles. The van der Waals surface area contributed by atoms with E-state index in [2.05, 4.69) is 50.4 Å². The van der Waals surface area contributed by atoms with Crippen LogP contribution in [0, 0.1) is 5.92 Å². The molecule has 1 aromatic rings. The zero-order chi connectivity index (χ0) is 11.7. The predicted molar refractivity (Wildman–Crippen MR) is 73.9 cm³/mol. The van der Waals surface area contributed by atoms with Gasteiger partial charge in [-0.15, -0.1) is 0 Å². The first-order valence-electron chi connectivity index (χ1n) is 6.51. The third-order valence-electron chi connectivity index (χ3n) is 3.97. The Morgan fingerprint density at radius 2 is 2.29 bits per heavy atom. The van der Waals surface area contributed by atoms with E-state index in [0.717, 1.165) is 18.5 Å². The van der Waals surface area contributed by atoms with E-state index in [9.17, 15) is 0 Å². The lowest BCUT2D eigenvalue weighted by Gasteiger charge is -2.24. The van der Waals surface area contributed by atoms with Crippen molar-refractivity contribution in [1.29, 1.82) is 0 Å². The fourth-order valence-corrected chi connectivity index (χ4v) is 3.61. The van der Waals surface area contributed by atoms with Gasteiger partial charge in [0.15, 0.2) is 0 Å². The molecular weight excluding hydrogens is 276 g/mol. The van der Waals surface area contributed by atoms with Crippen molar-refractivity contribution in [1.82, 2.24) is 10.2 Å². The maximum absolute atomic E-state index is 3.66. The molecule has 2 fully saturated rings. The number of piperidine rings is 1. The third-order valence-corrected chi connectivity index (χ3v) is 4.46. The Morgan fingerprint density at radius 3 is 3.12 bits per heavy atom. The molecule has 0 bridgehead atoms. The highest BCUT2D eigenvalue weighted by atomic mass is 79.9. The van der Waals surface area contributed by atoms with Crippen molar-refractivity contribution in [2.24, 2.45) is 5.92 Å². The fraction of sp³-hybridized carbons (Fsp3) is 0.571. The van der Waals surface area contributed by atoms with Gasteiger partial charge in [-0.1, -0.05) is 28.1 Å². The van der Waals surface area contributed by atoms with E-state index in [-0.39, 0.29) is 0 Å². The van der Waals surface area contributed by atoms with Crippen molar-refractivity contribution < 1.29 is 0 Å². The number of likely N-dealkylation sites (tertiary alicyclic amines) is 1. The second kappa shape index (κ2) is 5.09. The van der Waals surface area contributed by atoms with Crippen LogP contribution in [0.2, 0.25) is 0 Å². The second-order valence-electron chi connectivity index (χ2n) is 5.29. The summed E-state index contributed by atoms with van der Waals surface area (Å²) in [7, 11) is 0. The monoisotopic (exact) mass is 294 g/mol. The number of rotatable bonds is 2. The van der Waals surface area contributed by atoms with Crippen molar-refractivity contribution in [3.8, 4) is 0 Å². The summed E-state index contributed by atoms with van der Waals surface area (Å²) in [4.78, 5) is 2.59.